The zero-order valence-corrected chi connectivity index (χ0v) is 19.9. The summed E-state index contributed by atoms with van der Waals surface area (Å²) < 4.78 is 2.44. The third-order valence-corrected chi connectivity index (χ3v) is 7.08. The molecule has 4 heterocycles. The number of fused-ring (bicyclic) bond motifs is 4. The van der Waals surface area contributed by atoms with Gasteiger partial charge >= 0.3 is 0 Å². The first-order chi connectivity index (χ1) is 16.1. The fourth-order valence-electron chi connectivity index (χ4n) is 5.47. The molecule has 0 atom stereocenters. The van der Waals surface area contributed by atoms with Gasteiger partial charge in [-0.3, -0.25) is 0 Å². The van der Waals surface area contributed by atoms with E-state index in [-0.39, 0.29) is 5.54 Å². The Morgan fingerprint density at radius 1 is 1.09 bits per heavy atom. The van der Waals surface area contributed by atoms with Crippen LogP contribution in [0.5, 0.6) is 0 Å². The van der Waals surface area contributed by atoms with Crippen LogP contribution in [-0.2, 0) is 5.54 Å². The molecule has 7 nitrogen and oxygen atoms in total. The maximum Gasteiger partial charge on any atom is 0.230 e. The smallest absolute Gasteiger partial charge is 0.230 e. The van der Waals surface area contributed by atoms with E-state index in [0.29, 0.717) is 5.95 Å². The van der Waals surface area contributed by atoms with Gasteiger partial charge in [0.05, 0.1) is 28.8 Å². The molecule has 2 N–H and O–H groups in total. The Kier molecular flexibility index (Phi) is 5.96. The monoisotopic (exact) mass is 445 g/mol. The fraction of sp³-hybridized carbons (Fsp3) is 0.500. The van der Waals surface area contributed by atoms with Crippen LogP contribution in [0, 0.1) is 0 Å². The van der Waals surface area contributed by atoms with Crippen LogP contribution in [0.2, 0.25) is 0 Å². The second-order valence-corrected chi connectivity index (χ2v) is 9.47. The molecule has 5 rings (SSSR count). The van der Waals surface area contributed by atoms with Gasteiger partial charge in [0, 0.05) is 31.2 Å². The highest BCUT2D eigenvalue weighted by molar-refractivity contribution is 5.84. The van der Waals surface area contributed by atoms with E-state index >= 15 is 0 Å². The van der Waals surface area contributed by atoms with Gasteiger partial charge in [-0.15, -0.1) is 0 Å². The highest BCUT2D eigenvalue weighted by atomic mass is 15.2. The number of hydrogen-bond acceptors (Lipinski definition) is 6. The van der Waals surface area contributed by atoms with Crippen molar-refractivity contribution in [2.75, 3.05) is 29.9 Å². The molecule has 0 unspecified atom stereocenters. The van der Waals surface area contributed by atoms with Crippen molar-refractivity contribution in [1.29, 1.82) is 0 Å². The fourth-order valence-corrected chi connectivity index (χ4v) is 5.47. The lowest BCUT2D eigenvalue weighted by Crippen LogP contribution is -2.48. The first-order valence-corrected chi connectivity index (χ1v) is 12.4. The van der Waals surface area contributed by atoms with E-state index in [1.807, 2.05) is 18.5 Å². The lowest BCUT2D eigenvalue weighted by molar-refractivity contribution is 0.189. The maximum atomic E-state index is 4.97. The Labute approximate surface area is 196 Å². The van der Waals surface area contributed by atoms with Crippen LogP contribution in [0.25, 0.3) is 16.7 Å². The zero-order valence-electron chi connectivity index (χ0n) is 19.9. The van der Waals surface area contributed by atoms with Gasteiger partial charge in [-0.05, 0) is 43.9 Å². The number of rotatable bonds is 7. The predicted octanol–water partition coefficient (Wildman–Crippen LogP) is 5.43. The third kappa shape index (κ3) is 4.05. The molecule has 0 bridgehead atoms. The molecule has 0 saturated heterocycles. The van der Waals surface area contributed by atoms with E-state index in [4.69, 9.17) is 4.98 Å². The molecule has 0 amide bonds. The van der Waals surface area contributed by atoms with Crippen LogP contribution >= 0.6 is 0 Å². The van der Waals surface area contributed by atoms with Crippen molar-refractivity contribution >= 4 is 34.2 Å². The lowest BCUT2D eigenvalue weighted by Gasteiger charge is -2.44. The molecule has 33 heavy (non-hydrogen) atoms. The minimum atomic E-state index is 0.0735. The van der Waals surface area contributed by atoms with E-state index in [0.717, 1.165) is 66.4 Å². The standard InChI is InChI=1S/C26H35N7/c1-4-13-32(14-5-2)21-9-10-23(27-17-21)30-25-28-16-20-15-22-19(3)29-18-26(11-7-6-8-12-26)33(22)24(20)31-25/h9-10,15-17,29H,3-8,11-14,18H2,1-2H3,(H,27,28,30,31). The van der Waals surface area contributed by atoms with Gasteiger partial charge in [0.15, 0.2) is 0 Å². The molecular formula is C26H35N7. The Hall–Kier alpha value is -3.09. The molecule has 1 saturated carbocycles. The van der Waals surface area contributed by atoms with Gasteiger partial charge in [0.2, 0.25) is 5.95 Å². The summed E-state index contributed by atoms with van der Waals surface area (Å²) in [5.41, 5.74) is 4.33. The second kappa shape index (κ2) is 9.04. The highest BCUT2D eigenvalue weighted by Crippen LogP contribution is 2.42. The highest BCUT2D eigenvalue weighted by Gasteiger charge is 2.40. The SMILES string of the molecule is C=C1NCC2(CCCCC2)n2c1cc1cnc(Nc3ccc(N(CCC)CCC)cn3)nc12. The van der Waals surface area contributed by atoms with Crippen molar-refractivity contribution in [3.63, 3.8) is 0 Å². The first-order valence-electron chi connectivity index (χ1n) is 12.4. The van der Waals surface area contributed by atoms with Gasteiger partial charge in [0.25, 0.3) is 0 Å². The minimum absolute atomic E-state index is 0.0735. The van der Waals surface area contributed by atoms with Crippen LogP contribution in [-0.4, -0.2) is 39.2 Å². The minimum Gasteiger partial charge on any atom is -0.381 e. The number of pyridine rings is 1. The summed E-state index contributed by atoms with van der Waals surface area (Å²) in [6, 6.07) is 6.32. The van der Waals surface area contributed by atoms with Crippen molar-refractivity contribution in [3.05, 3.63) is 42.9 Å². The third-order valence-electron chi connectivity index (χ3n) is 7.08. The average molecular weight is 446 g/mol. The molecule has 2 aliphatic rings. The first kappa shape index (κ1) is 21.7. The topological polar surface area (TPSA) is 70.9 Å². The summed E-state index contributed by atoms with van der Waals surface area (Å²) in [6.07, 6.45) is 12.3. The maximum absolute atomic E-state index is 4.97. The van der Waals surface area contributed by atoms with Crippen LogP contribution in [0.15, 0.2) is 37.2 Å². The molecule has 1 spiro atoms. The summed E-state index contributed by atoms with van der Waals surface area (Å²) in [7, 11) is 0. The number of hydrogen-bond donors (Lipinski definition) is 2. The van der Waals surface area contributed by atoms with Crippen LogP contribution in [0.4, 0.5) is 17.5 Å². The summed E-state index contributed by atoms with van der Waals surface area (Å²) >= 11 is 0. The summed E-state index contributed by atoms with van der Waals surface area (Å²) in [5.74, 6) is 1.34. The lowest BCUT2D eigenvalue weighted by atomic mass is 9.80. The van der Waals surface area contributed by atoms with Crippen molar-refractivity contribution < 1.29 is 0 Å². The molecule has 1 fully saturated rings. The molecule has 1 aliphatic heterocycles. The van der Waals surface area contributed by atoms with E-state index < -0.39 is 0 Å². The van der Waals surface area contributed by atoms with Gasteiger partial charge in [-0.25, -0.2) is 9.97 Å². The van der Waals surface area contributed by atoms with Crippen LogP contribution in [0.3, 0.4) is 0 Å². The summed E-state index contributed by atoms with van der Waals surface area (Å²) in [5, 5.41) is 7.93. The largest absolute Gasteiger partial charge is 0.381 e. The Morgan fingerprint density at radius 3 is 2.58 bits per heavy atom. The molecule has 3 aromatic rings. The average Bonchev–Trinajstić information content (AvgIpc) is 3.23. The van der Waals surface area contributed by atoms with Crippen molar-refractivity contribution in [2.45, 2.75) is 64.3 Å². The molecule has 1 aliphatic carbocycles. The summed E-state index contributed by atoms with van der Waals surface area (Å²) in [6.45, 7) is 11.7. The molecule has 0 radical (unpaired) electrons. The van der Waals surface area contributed by atoms with Crippen molar-refractivity contribution in [1.82, 2.24) is 24.8 Å². The van der Waals surface area contributed by atoms with E-state index in [1.54, 1.807) is 0 Å². The molecule has 0 aromatic carbocycles. The number of nitrogens with zero attached hydrogens (tertiary/aromatic N) is 5. The Morgan fingerprint density at radius 2 is 1.88 bits per heavy atom. The van der Waals surface area contributed by atoms with Gasteiger partial charge in [-0.1, -0.05) is 39.7 Å². The molecule has 7 heteroatoms. The van der Waals surface area contributed by atoms with Crippen molar-refractivity contribution in [3.8, 4) is 0 Å². The van der Waals surface area contributed by atoms with Crippen LogP contribution in [0.1, 0.15) is 64.5 Å². The van der Waals surface area contributed by atoms with E-state index in [9.17, 15) is 0 Å². The summed E-state index contributed by atoms with van der Waals surface area (Å²) in [4.78, 5) is 16.6. The predicted molar refractivity (Wildman–Crippen MR) is 136 cm³/mol. The van der Waals surface area contributed by atoms with Crippen molar-refractivity contribution in [2.24, 2.45) is 0 Å². The van der Waals surface area contributed by atoms with Gasteiger partial charge in [-0.2, -0.15) is 4.98 Å². The van der Waals surface area contributed by atoms with Gasteiger partial charge in [0.1, 0.15) is 11.5 Å². The number of aromatic nitrogens is 4. The molecular weight excluding hydrogens is 410 g/mol. The number of nitrogens with one attached hydrogen (secondary N) is 2. The Balaban J connectivity index is 1.44. The van der Waals surface area contributed by atoms with E-state index in [2.05, 4.69) is 62.6 Å². The molecule has 3 aromatic heterocycles. The quantitative estimate of drug-likeness (QED) is 0.505. The van der Waals surface area contributed by atoms with Gasteiger partial charge < -0.3 is 20.1 Å². The second-order valence-electron chi connectivity index (χ2n) is 9.47. The normalized spacial score (nSPS) is 17.1. The Bertz CT molecular complexity index is 1120. The number of anilines is 3. The zero-order chi connectivity index (χ0) is 22.8. The van der Waals surface area contributed by atoms with Crippen LogP contribution < -0.4 is 15.5 Å². The van der Waals surface area contributed by atoms with E-state index in [1.165, 1.54) is 32.1 Å². The molecule has 174 valence electrons.